The Morgan fingerprint density at radius 1 is 1.03 bits per heavy atom. The molecule has 0 saturated carbocycles. The fraction of sp³-hybridized carbons (Fsp3) is 0.217. The highest BCUT2D eigenvalue weighted by atomic mass is 35.5. The summed E-state index contributed by atoms with van der Waals surface area (Å²) in [6, 6.07) is 6.57. The van der Waals surface area contributed by atoms with E-state index in [0.717, 1.165) is 24.3 Å². The molecule has 2 aromatic carbocycles. The smallest absolute Gasteiger partial charge is 0.435 e. The molecule has 0 bridgehead atoms. The van der Waals surface area contributed by atoms with E-state index in [0.29, 0.717) is 22.9 Å². The van der Waals surface area contributed by atoms with Crippen molar-refractivity contribution in [3.05, 3.63) is 76.2 Å². The van der Waals surface area contributed by atoms with Crippen molar-refractivity contribution in [1.29, 1.82) is 0 Å². The molecule has 16 heteroatoms. The van der Waals surface area contributed by atoms with E-state index in [1.807, 2.05) is 0 Å². The van der Waals surface area contributed by atoms with Gasteiger partial charge in [0.1, 0.15) is 12.4 Å². The molecule has 3 aromatic rings. The van der Waals surface area contributed by atoms with Crippen LogP contribution in [0.15, 0.2) is 53.5 Å². The monoisotopic (exact) mass is 579 g/mol. The predicted molar refractivity (Wildman–Crippen MR) is 125 cm³/mol. The number of nitrogens with zero attached hydrogens (tertiary/aromatic N) is 3. The molecule has 0 aliphatic heterocycles. The summed E-state index contributed by atoms with van der Waals surface area (Å²) in [5.74, 6) is -3.95. The topological polar surface area (TPSA) is 97.6 Å². The summed E-state index contributed by atoms with van der Waals surface area (Å²) in [6.07, 6.45) is -9.59. The van der Waals surface area contributed by atoms with Crippen LogP contribution in [-0.2, 0) is 28.4 Å². The number of hydrogen-bond donors (Lipinski definition) is 2. The first-order valence-corrected chi connectivity index (χ1v) is 11.1. The van der Waals surface area contributed by atoms with Crippen LogP contribution in [0.2, 0.25) is 5.02 Å². The van der Waals surface area contributed by atoms with Gasteiger partial charge in [-0.1, -0.05) is 11.6 Å². The summed E-state index contributed by atoms with van der Waals surface area (Å²) in [4.78, 5) is 28.6. The van der Waals surface area contributed by atoms with E-state index in [-0.39, 0.29) is 22.9 Å². The average molecular weight is 580 g/mol. The Labute approximate surface area is 220 Å². The zero-order valence-electron chi connectivity index (χ0n) is 19.6. The molecule has 0 saturated heterocycles. The second kappa shape index (κ2) is 11.7. The first kappa shape index (κ1) is 29.4. The molecule has 8 nitrogen and oxygen atoms in total. The fourth-order valence-electron chi connectivity index (χ4n) is 3.04. The molecule has 0 unspecified atom stereocenters. The van der Waals surface area contributed by atoms with E-state index in [1.54, 1.807) is 0 Å². The number of guanidine groups is 1. The number of benzene rings is 2. The van der Waals surface area contributed by atoms with Gasteiger partial charge in [-0.2, -0.15) is 36.4 Å². The van der Waals surface area contributed by atoms with Crippen molar-refractivity contribution < 1.29 is 45.1 Å². The molecule has 208 valence electrons. The largest absolute Gasteiger partial charge is 0.465 e. The van der Waals surface area contributed by atoms with Crippen LogP contribution in [0.3, 0.4) is 0 Å². The van der Waals surface area contributed by atoms with Gasteiger partial charge in [-0.15, -0.1) is 0 Å². The molecule has 1 amide bonds. The van der Waals surface area contributed by atoms with Crippen molar-refractivity contribution in [2.45, 2.75) is 25.8 Å². The van der Waals surface area contributed by atoms with Crippen LogP contribution in [0.4, 0.5) is 42.2 Å². The second-order valence-electron chi connectivity index (χ2n) is 7.62. The number of ether oxygens (including phenoxy) is 1. The van der Waals surface area contributed by atoms with Gasteiger partial charge in [-0.25, -0.2) is 9.07 Å². The quantitative estimate of drug-likeness (QED) is 0.166. The van der Waals surface area contributed by atoms with Crippen LogP contribution in [-0.4, -0.2) is 34.2 Å². The third-order valence-electron chi connectivity index (χ3n) is 4.69. The maximum atomic E-state index is 13.8. The summed E-state index contributed by atoms with van der Waals surface area (Å²) in [5, 5.41) is 7.90. The van der Waals surface area contributed by atoms with Crippen LogP contribution in [0.5, 0.6) is 0 Å². The number of alkyl halides is 6. The van der Waals surface area contributed by atoms with Gasteiger partial charge in [0.05, 0.1) is 12.2 Å². The summed E-state index contributed by atoms with van der Waals surface area (Å²) in [5.41, 5.74) is -2.82. The van der Waals surface area contributed by atoms with Crippen LogP contribution in [0.25, 0.3) is 0 Å². The Balaban J connectivity index is 2.03. The highest BCUT2D eigenvalue weighted by Gasteiger charge is 2.35. The second-order valence-corrected chi connectivity index (χ2v) is 8.06. The Morgan fingerprint density at radius 3 is 2.26 bits per heavy atom. The Hall–Kier alpha value is -4.14. The zero-order chi connectivity index (χ0) is 29.0. The van der Waals surface area contributed by atoms with Crippen molar-refractivity contribution in [2.75, 3.05) is 11.9 Å². The molecule has 1 heterocycles. The van der Waals surface area contributed by atoms with Gasteiger partial charge in [0.2, 0.25) is 5.96 Å². The number of anilines is 1. The number of halogens is 8. The maximum Gasteiger partial charge on any atom is 0.435 e. The number of amides is 1. The average Bonchev–Trinajstić information content (AvgIpc) is 3.20. The van der Waals surface area contributed by atoms with Crippen LogP contribution in [0.1, 0.15) is 28.5 Å². The minimum Gasteiger partial charge on any atom is -0.465 e. The SMILES string of the molecule is CCOC(=O)Cn1nc(C(F)(F)F)cc1N=C(NC(=O)c1ccc(C(F)(F)F)cc1)Nc1cc(F)cc(Cl)c1. The lowest BCUT2D eigenvalue weighted by Crippen LogP contribution is -2.36. The molecule has 2 N–H and O–H groups in total. The number of carbonyl (C=O) groups excluding carboxylic acids is 2. The molecular formula is C23H17ClF7N5O3. The molecule has 0 spiro atoms. The van der Waals surface area contributed by atoms with E-state index < -0.39 is 59.6 Å². The Morgan fingerprint density at radius 2 is 1.69 bits per heavy atom. The first-order valence-electron chi connectivity index (χ1n) is 10.8. The van der Waals surface area contributed by atoms with E-state index in [9.17, 15) is 40.3 Å². The number of carbonyl (C=O) groups is 2. The predicted octanol–water partition coefficient (Wildman–Crippen LogP) is 5.81. The van der Waals surface area contributed by atoms with Crippen molar-refractivity contribution in [3.8, 4) is 0 Å². The molecule has 3 rings (SSSR count). The number of hydrogen-bond acceptors (Lipinski definition) is 5. The van der Waals surface area contributed by atoms with Crippen molar-refractivity contribution in [2.24, 2.45) is 4.99 Å². The number of esters is 1. The minimum atomic E-state index is -4.93. The van der Waals surface area contributed by atoms with E-state index >= 15 is 0 Å². The summed E-state index contributed by atoms with van der Waals surface area (Å²) >= 11 is 5.82. The van der Waals surface area contributed by atoms with Gasteiger partial charge in [0, 0.05) is 22.3 Å². The molecule has 0 fully saturated rings. The van der Waals surface area contributed by atoms with Gasteiger partial charge in [-0.3, -0.25) is 14.9 Å². The van der Waals surface area contributed by atoms with Gasteiger partial charge in [0.25, 0.3) is 5.91 Å². The van der Waals surface area contributed by atoms with Gasteiger partial charge in [0.15, 0.2) is 11.5 Å². The molecule has 0 aliphatic carbocycles. The molecule has 0 aliphatic rings. The lowest BCUT2D eigenvalue weighted by Gasteiger charge is -2.13. The third-order valence-corrected chi connectivity index (χ3v) is 4.91. The molecule has 1 aromatic heterocycles. The Bertz CT molecular complexity index is 1370. The fourth-order valence-corrected chi connectivity index (χ4v) is 3.26. The zero-order valence-corrected chi connectivity index (χ0v) is 20.4. The number of nitrogens with one attached hydrogen (secondary N) is 2. The minimum absolute atomic E-state index is 0.0683. The van der Waals surface area contributed by atoms with Crippen LogP contribution in [0, 0.1) is 5.82 Å². The normalized spacial score (nSPS) is 12.3. The van der Waals surface area contributed by atoms with Crippen molar-refractivity contribution in [3.63, 3.8) is 0 Å². The van der Waals surface area contributed by atoms with E-state index in [2.05, 4.69) is 20.7 Å². The lowest BCUT2D eigenvalue weighted by atomic mass is 10.1. The first-order chi connectivity index (χ1) is 18.2. The number of aliphatic imine (C=N–C) groups is 1. The van der Waals surface area contributed by atoms with Gasteiger partial charge in [-0.05, 0) is 49.4 Å². The number of rotatable bonds is 6. The standard InChI is InChI=1S/C23H17ClF7N5O3/c1-2-39-19(37)11-36-18(10-17(35-36)23(29,30)31)33-21(32-16-8-14(24)7-15(25)9-16)34-20(38)12-3-5-13(6-4-12)22(26,27)28/h3-10H,2,11H2,1H3,(H2,32,33,34,38). The van der Waals surface area contributed by atoms with Crippen molar-refractivity contribution >= 4 is 40.9 Å². The highest BCUT2D eigenvalue weighted by Crippen LogP contribution is 2.31. The van der Waals surface area contributed by atoms with E-state index in [1.165, 1.54) is 13.0 Å². The van der Waals surface area contributed by atoms with Crippen LogP contribution < -0.4 is 10.6 Å². The van der Waals surface area contributed by atoms with Crippen molar-refractivity contribution in [1.82, 2.24) is 15.1 Å². The molecule has 0 radical (unpaired) electrons. The van der Waals surface area contributed by atoms with Gasteiger partial charge >= 0.3 is 18.3 Å². The number of aromatic nitrogens is 2. The lowest BCUT2D eigenvalue weighted by molar-refractivity contribution is -0.146. The third kappa shape index (κ3) is 8.17. The maximum absolute atomic E-state index is 13.8. The van der Waals surface area contributed by atoms with Gasteiger partial charge < -0.3 is 10.1 Å². The summed E-state index contributed by atoms with van der Waals surface area (Å²) in [6.45, 7) is 0.625. The summed E-state index contributed by atoms with van der Waals surface area (Å²) < 4.78 is 97.7. The van der Waals surface area contributed by atoms with Crippen LogP contribution >= 0.6 is 11.6 Å². The molecular weight excluding hydrogens is 563 g/mol. The summed E-state index contributed by atoms with van der Waals surface area (Å²) in [7, 11) is 0. The molecule has 0 atom stereocenters. The Kier molecular flexibility index (Phi) is 8.84. The highest BCUT2D eigenvalue weighted by molar-refractivity contribution is 6.31. The van der Waals surface area contributed by atoms with E-state index in [4.69, 9.17) is 16.3 Å². The molecule has 39 heavy (non-hydrogen) atoms.